The van der Waals surface area contributed by atoms with E-state index >= 15 is 0 Å². The maximum absolute atomic E-state index is 14.7. The zero-order valence-electron chi connectivity index (χ0n) is 49.7. The van der Waals surface area contributed by atoms with Crippen molar-refractivity contribution in [2.45, 2.75) is 174 Å². The summed E-state index contributed by atoms with van der Waals surface area (Å²) in [6, 6.07) is 7.03. The van der Waals surface area contributed by atoms with Crippen molar-refractivity contribution in [3.63, 3.8) is 0 Å². The quantitative estimate of drug-likeness (QED) is 0.0534. The summed E-state index contributed by atoms with van der Waals surface area (Å²) in [5.41, 5.74) is 6.45. The first-order chi connectivity index (χ1) is 37.9. The fraction of sp³-hybridized carbons (Fsp3) is 0.746. The Hall–Kier alpha value is -4.57. The Balaban J connectivity index is 1.54. The highest BCUT2D eigenvalue weighted by molar-refractivity contribution is 7.09. The Morgan fingerprint density at radius 2 is 1.43 bits per heavy atom. The number of benzene rings is 1. The van der Waals surface area contributed by atoms with Crippen LogP contribution in [0.5, 0.6) is 0 Å². The first-order valence-corrected chi connectivity index (χ1v) is 29.9. The lowest BCUT2D eigenvalue weighted by molar-refractivity contribution is -0.148. The number of nitrogens with zero attached hydrogens (tertiary/aromatic N) is 4. The molecule has 79 heavy (non-hydrogen) atoms. The molecule has 1 aromatic carbocycles. The summed E-state index contributed by atoms with van der Waals surface area (Å²) in [5.74, 6) is -2.45. The van der Waals surface area contributed by atoms with Crippen LogP contribution in [0.1, 0.15) is 142 Å². The van der Waals surface area contributed by atoms with Gasteiger partial charge in [0.25, 0.3) is 0 Å². The van der Waals surface area contributed by atoms with Crippen LogP contribution in [0.25, 0.3) is 0 Å². The minimum atomic E-state index is -0.917. The first kappa shape index (κ1) is 68.7. The van der Waals surface area contributed by atoms with Crippen LogP contribution in [0.3, 0.4) is 0 Å². The molecule has 1 aromatic heterocycles. The molecule has 0 bridgehead atoms. The van der Waals surface area contributed by atoms with Crippen molar-refractivity contribution in [2.24, 2.45) is 29.4 Å². The van der Waals surface area contributed by atoms with Crippen LogP contribution in [0.15, 0.2) is 41.9 Å². The van der Waals surface area contributed by atoms with E-state index in [-0.39, 0.29) is 65.8 Å². The summed E-state index contributed by atoms with van der Waals surface area (Å²) in [5, 5.41) is 11.9. The summed E-state index contributed by atoms with van der Waals surface area (Å²) in [6.07, 6.45) is 9.03. The lowest BCUT2D eigenvalue weighted by Gasteiger charge is -2.41. The maximum atomic E-state index is 14.7. The Bertz CT molecular complexity index is 2050. The van der Waals surface area contributed by atoms with E-state index in [0.29, 0.717) is 97.8 Å². The predicted molar refractivity (Wildman–Crippen MR) is 309 cm³/mol. The van der Waals surface area contributed by atoms with E-state index in [0.717, 1.165) is 49.1 Å². The molecule has 20 heteroatoms. The molecule has 0 radical (unpaired) electrons. The number of hydrogen-bond donors (Lipinski definition) is 4. The smallest absolute Gasteiger partial charge is 0.245 e. The van der Waals surface area contributed by atoms with Gasteiger partial charge >= 0.3 is 0 Å². The van der Waals surface area contributed by atoms with Gasteiger partial charge in [-0.15, -0.1) is 11.3 Å². The number of unbranched alkanes of at least 4 members (excludes halogenated alkanes) is 5. The highest BCUT2D eigenvalue weighted by atomic mass is 32.1. The molecule has 6 amide bonds. The molecule has 1 unspecified atom stereocenters. The Morgan fingerprint density at radius 3 is 2.03 bits per heavy atom. The van der Waals surface area contributed by atoms with Crippen LogP contribution in [0.2, 0.25) is 0 Å². The molecular formula is C59H100N8O11S. The second kappa shape index (κ2) is 38.2. The molecule has 448 valence electrons. The van der Waals surface area contributed by atoms with Crippen LogP contribution >= 0.6 is 11.3 Å². The van der Waals surface area contributed by atoms with Gasteiger partial charge in [-0.05, 0) is 55.4 Å². The monoisotopic (exact) mass is 1130 g/mol. The van der Waals surface area contributed by atoms with Gasteiger partial charge in [0.15, 0.2) is 0 Å². The van der Waals surface area contributed by atoms with Crippen LogP contribution in [0.4, 0.5) is 0 Å². The number of nitrogens with one attached hydrogen (secondary N) is 3. The topological polar surface area (TPSA) is 233 Å². The Labute approximate surface area is 476 Å². The third-order valence-corrected chi connectivity index (χ3v) is 16.1. The first-order valence-electron chi connectivity index (χ1n) is 29.0. The summed E-state index contributed by atoms with van der Waals surface area (Å²) in [4.78, 5) is 92.8. The van der Waals surface area contributed by atoms with Gasteiger partial charge < -0.3 is 60.1 Å². The van der Waals surface area contributed by atoms with Crippen molar-refractivity contribution in [2.75, 3.05) is 87.6 Å². The number of aromatic nitrogens is 1. The number of hydrogen-bond acceptors (Lipinski definition) is 14. The molecule has 1 aliphatic rings. The van der Waals surface area contributed by atoms with Crippen molar-refractivity contribution in [1.82, 2.24) is 35.6 Å². The Kier molecular flexibility index (Phi) is 33.2. The number of thiazole rings is 1. The number of nitrogens with two attached hydrogens (primary N) is 1. The molecule has 1 aliphatic heterocycles. The van der Waals surface area contributed by atoms with Gasteiger partial charge in [0.05, 0.1) is 82.3 Å². The summed E-state index contributed by atoms with van der Waals surface area (Å²) in [6.45, 7) is 17.7. The molecule has 1 saturated heterocycles. The molecule has 5 N–H and O–H groups in total. The zero-order chi connectivity index (χ0) is 58.3. The lowest BCUT2D eigenvalue weighted by atomic mass is 9.89. The van der Waals surface area contributed by atoms with Crippen molar-refractivity contribution in [3.8, 4) is 0 Å². The molecule has 2 heterocycles. The molecule has 9 atom stereocenters. The van der Waals surface area contributed by atoms with E-state index in [9.17, 15) is 28.8 Å². The second-order valence-corrected chi connectivity index (χ2v) is 22.7. The van der Waals surface area contributed by atoms with Gasteiger partial charge in [0.2, 0.25) is 35.4 Å². The number of amides is 6. The summed E-state index contributed by atoms with van der Waals surface area (Å²) in [7, 11) is 6.51. The highest BCUT2D eigenvalue weighted by Gasteiger charge is 2.44. The fourth-order valence-electron chi connectivity index (χ4n) is 10.5. The third kappa shape index (κ3) is 23.4. The number of carbonyl (C=O) groups excluding carboxylic acids is 6. The van der Waals surface area contributed by atoms with Gasteiger partial charge in [-0.25, -0.2) is 4.98 Å². The van der Waals surface area contributed by atoms with E-state index in [1.165, 1.54) is 16.2 Å². The summed E-state index contributed by atoms with van der Waals surface area (Å²) >= 11 is 1.49. The SMILES string of the molecule is CC[C@H](C)[C@@H]([C@@H](CC(=O)N1CCC[C@H]1[C@H](OC)[C@@H](C)C(=O)N[C@@H](Cc1ccccc1)c1nccs1)OC)N(C)C(=O)[C@@H](NC(=O)C(C(C)C)N(C)C(=O)CCCCCCCCNC(=O)CCOCCOCCOCCN)C(C)C. The molecule has 19 nitrogen and oxygen atoms in total. The number of carbonyl (C=O) groups is 6. The molecule has 0 saturated carbocycles. The van der Waals surface area contributed by atoms with Gasteiger partial charge in [-0.1, -0.05) is 111 Å². The van der Waals surface area contributed by atoms with Gasteiger partial charge in [0.1, 0.15) is 17.1 Å². The number of ether oxygens (including phenoxy) is 5. The molecule has 2 aromatic rings. The normalized spacial score (nSPS) is 16.6. The van der Waals surface area contributed by atoms with Crippen LogP contribution in [0, 0.1) is 23.7 Å². The average Bonchev–Trinajstić information content (AvgIpc) is 4.18. The van der Waals surface area contributed by atoms with Crippen LogP contribution in [-0.4, -0.2) is 179 Å². The molecule has 0 spiro atoms. The number of methoxy groups -OCH3 is 2. The standard InChI is InChI=1S/C59H100N8O11S/c1-12-43(6)54(48(74-10)40-51(70)67-31-22-25-47(67)55(75-11)44(7)56(71)63-46(58-62-30-38-79-58)39-45-23-18-17-19-24-45)66(9)59(73)52(41(2)3)64-57(72)53(42(4)5)65(8)50(69)26-20-15-13-14-16-21-29-61-49(68)27-32-76-34-36-78-37-35-77-33-28-60/h17-19,23-24,30,38,41-44,46-48,52-55H,12-16,20-22,25-29,31-37,39-40,60H2,1-11H3,(H,61,68)(H,63,71)(H,64,72)/t43-,44+,46-,47-,48+,52-,53?,54-,55+/m0/s1. The average molecular weight is 1130 g/mol. The van der Waals surface area contributed by atoms with Crippen LogP contribution < -0.4 is 21.7 Å². The lowest BCUT2D eigenvalue weighted by Crippen LogP contribution is -2.60. The zero-order valence-corrected chi connectivity index (χ0v) is 50.5. The van der Waals surface area contributed by atoms with Crippen molar-refractivity contribution in [3.05, 3.63) is 52.5 Å². The Morgan fingerprint density at radius 1 is 0.785 bits per heavy atom. The van der Waals surface area contributed by atoms with Crippen molar-refractivity contribution >= 4 is 46.8 Å². The van der Waals surface area contributed by atoms with E-state index in [1.54, 1.807) is 39.4 Å². The van der Waals surface area contributed by atoms with E-state index in [2.05, 4.69) is 20.9 Å². The van der Waals surface area contributed by atoms with E-state index < -0.39 is 42.2 Å². The summed E-state index contributed by atoms with van der Waals surface area (Å²) < 4.78 is 28.3. The molecule has 1 fully saturated rings. The maximum Gasteiger partial charge on any atom is 0.245 e. The van der Waals surface area contributed by atoms with Crippen molar-refractivity contribution < 1.29 is 52.5 Å². The van der Waals surface area contributed by atoms with E-state index in [4.69, 9.17) is 29.4 Å². The number of likely N-dealkylation sites (N-methyl/N-ethyl adjacent to an activating group) is 2. The molecular weight excluding hydrogens is 1030 g/mol. The van der Waals surface area contributed by atoms with Gasteiger partial charge in [0, 0.05) is 72.4 Å². The number of likely N-dealkylation sites (tertiary alicyclic amines) is 1. The number of rotatable bonds is 41. The molecule has 0 aliphatic carbocycles. The highest BCUT2D eigenvalue weighted by Crippen LogP contribution is 2.31. The fourth-order valence-corrected chi connectivity index (χ4v) is 11.2. The largest absolute Gasteiger partial charge is 0.379 e. The molecule has 3 rings (SSSR count). The van der Waals surface area contributed by atoms with Gasteiger partial charge in [-0.3, -0.25) is 28.8 Å². The second-order valence-electron chi connectivity index (χ2n) is 21.7. The minimum Gasteiger partial charge on any atom is -0.379 e. The minimum absolute atomic E-state index is 0.0102. The van der Waals surface area contributed by atoms with Crippen LogP contribution in [-0.2, 0) is 58.9 Å². The van der Waals surface area contributed by atoms with E-state index in [1.807, 2.05) is 89.1 Å². The third-order valence-electron chi connectivity index (χ3n) is 15.2. The van der Waals surface area contributed by atoms with Crippen molar-refractivity contribution in [1.29, 1.82) is 0 Å². The van der Waals surface area contributed by atoms with Gasteiger partial charge in [-0.2, -0.15) is 0 Å². The predicted octanol–water partition coefficient (Wildman–Crippen LogP) is 6.33.